The Kier molecular flexibility index (Phi) is 4.95. The van der Waals surface area contributed by atoms with E-state index in [1.54, 1.807) is 4.52 Å². The van der Waals surface area contributed by atoms with Gasteiger partial charge in [-0.05, 0) is 55.7 Å². The molecule has 1 N–H and O–H groups in total. The Morgan fingerprint density at radius 3 is 2.59 bits per heavy atom. The number of halogens is 1. The topological polar surface area (TPSA) is 75.4 Å². The number of piperidine rings is 1. The van der Waals surface area contributed by atoms with Crippen LogP contribution >= 0.6 is 0 Å². The van der Waals surface area contributed by atoms with Crippen molar-refractivity contribution < 1.29 is 9.18 Å². The summed E-state index contributed by atoms with van der Waals surface area (Å²) < 4.78 is 14.6. The number of nitrogens with one attached hydrogen (secondary N) is 1. The largest absolute Gasteiger partial charge is 0.355 e. The molecule has 1 aromatic carbocycles. The molecule has 3 aromatic rings. The van der Waals surface area contributed by atoms with E-state index in [4.69, 9.17) is 0 Å². The van der Waals surface area contributed by atoms with Crippen LogP contribution in [0.15, 0.2) is 36.4 Å². The first kappa shape index (κ1) is 17.4. The van der Waals surface area contributed by atoms with Gasteiger partial charge in [0.25, 0.3) is 0 Å². The first-order chi connectivity index (χ1) is 13.2. The summed E-state index contributed by atoms with van der Waals surface area (Å²) in [6.07, 6.45) is 4.29. The van der Waals surface area contributed by atoms with Crippen molar-refractivity contribution in [3.05, 3.63) is 48.0 Å². The molecule has 2 aromatic heterocycles. The number of aryl methyl sites for hydroxylation is 1. The summed E-state index contributed by atoms with van der Waals surface area (Å²) >= 11 is 0. The van der Waals surface area contributed by atoms with Crippen molar-refractivity contribution >= 4 is 23.1 Å². The Balaban J connectivity index is 1.43. The van der Waals surface area contributed by atoms with E-state index in [-0.39, 0.29) is 18.1 Å². The number of fused-ring (bicyclic) bond motifs is 1. The maximum atomic E-state index is 12.9. The zero-order chi connectivity index (χ0) is 18.6. The van der Waals surface area contributed by atoms with E-state index in [9.17, 15) is 9.18 Å². The Hall–Kier alpha value is -3.03. The molecule has 0 unspecified atom stereocenters. The number of nitrogens with zero attached hydrogens (tertiary/aromatic N) is 5. The Morgan fingerprint density at radius 1 is 1.04 bits per heavy atom. The van der Waals surface area contributed by atoms with E-state index < -0.39 is 0 Å². The van der Waals surface area contributed by atoms with Gasteiger partial charge in [-0.25, -0.2) is 4.39 Å². The molecule has 8 heteroatoms. The van der Waals surface area contributed by atoms with Gasteiger partial charge in [-0.15, -0.1) is 15.3 Å². The van der Waals surface area contributed by atoms with Gasteiger partial charge in [0.2, 0.25) is 5.91 Å². The van der Waals surface area contributed by atoms with Crippen molar-refractivity contribution in [2.45, 2.75) is 32.1 Å². The molecule has 3 heterocycles. The van der Waals surface area contributed by atoms with E-state index >= 15 is 0 Å². The number of rotatable bonds is 5. The minimum absolute atomic E-state index is 0.162. The molecule has 0 atom stereocenters. The lowest BCUT2D eigenvalue weighted by molar-refractivity contribution is -0.116. The number of benzene rings is 1. The number of amides is 1. The second-order valence-corrected chi connectivity index (χ2v) is 6.68. The molecule has 1 aliphatic rings. The van der Waals surface area contributed by atoms with Crippen molar-refractivity contribution in [3.8, 4) is 0 Å². The SMILES string of the molecule is O=C(CCc1nnc2ccc(N3CCCCC3)nn12)Nc1ccc(F)cc1. The summed E-state index contributed by atoms with van der Waals surface area (Å²) in [5.41, 5.74) is 1.24. The summed E-state index contributed by atoms with van der Waals surface area (Å²) in [5.74, 6) is 1.07. The second-order valence-electron chi connectivity index (χ2n) is 6.68. The molecule has 7 nitrogen and oxygen atoms in total. The Morgan fingerprint density at radius 2 is 1.81 bits per heavy atom. The van der Waals surface area contributed by atoms with E-state index in [0.717, 1.165) is 18.9 Å². The van der Waals surface area contributed by atoms with Gasteiger partial charge >= 0.3 is 0 Å². The van der Waals surface area contributed by atoms with Crippen LogP contribution in [-0.4, -0.2) is 38.8 Å². The van der Waals surface area contributed by atoms with Gasteiger partial charge in [0.1, 0.15) is 11.6 Å². The predicted octanol–water partition coefficient (Wildman–Crippen LogP) is 2.83. The van der Waals surface area contributed by atoms with Gasteiger partial charge in [0, 0.05) is 31.6 Å². The maximum Gasteiger partial charge on any atom is 0.224 e. The summed E-state index contributed by atoms with van der Waals surface area (Å²) in [5, 5.41) is 15.7. The number of aromatic nitrogens is 4. The van der Waals surface area contributed by atoms with Crippen molar-refractivity contribution in [1.29, 1.82) is 0 Å². The number of hydrogen-bond acceptors (Lipinski definition) is 5. The minimum atomic E-state index is -0.335. The zero-order valence-electron chi connectivity index (χ0n) is 14.9. The van der Waals surface area contributed by atoms with Crippen molar-refractivity contribution in [1.82, 2.24) is 19.8 Å². The molecule has 0 bridgehead atoms. The monoisotopic (exact) mass is 368 g/mol. The fraction of sp³-hybridized carbons (Fsp3) is 0.368. The first-order valence-electron chi connectivity index (χ1n) is 9.21. The van der Waals surface area contributed by atoms with Crippen LogP contribution in [0.3, 0.4) is 0 Å². The smallest absolute Gasteiger partial charge is 0.224 e. The van der Waals surface area contributed by atoms with Gasteiger partial charge in [-0.3, -0.25) is 4.79 Å². The number of carbonyl (C=O) groups is 1. The van der Waals surface area contributed by atoms with Crippen LogP contribution in [-0.2, 0) is 11.2 Å². The zero-order valence-corrected chi connectivity index (χ0v) is 14.9. The van der Waals surface area contributed by atoms with E-state index in [1.165, 1.54) is 43.5 Å². The molecule has 27 heavy (non-hydrogen) atoms. The molecular weight excluding hydrogens is 347 g/mol. The Bertz CT molecular complexity index is 933. The molecular formula is C19H21FN6O. The minimum Gasteiger partial charge on any atom is -0.355 e. The third kappa shape index (κ3) is 4.05. The van der Waals surface area contributed by atoms with E-state index in [2.05, 4.69) is 25.5 Å². The van der Waals surface area contributed by atoms with E-state index in [0.29, 0.717) is 23.6 Å². The van der Waals surface area contributed by atoms with Gasteiger partial charge in [-0.1, -0.05) is 0 Å². The molecule has 1 fully saturated rings. The standard InChI is InChI=1S/C19H21FN6O/c20-14-4-6-15(7-5-14)21-19(27)11-10-17-23-22-16-8-9-18(24-26(16)17)25-12-2-1-3-13-25/h4-9H,1-3,10-13H2,(H,21,27). The third-order valence-electron chi connectivity index (χ3n) is 4.70. The highest BCUT2D eigenvalue weighted by Crippen LogP contribution is 2.18. The Labute approximate surface area is 156 Å². The summed E-state index contributed by atoms with van der Waals surface area (Å²) in [7, 11) is 0. The molecule has 0 saturated carbocycles. The van der Waals surface area contributed by atoms with Crippen LogP contribution in [0.25, 0.3) is 5.65 Å². The average Bonchev–Trinajstić information content (AvgIpc) is 3.11. The van der Waals surface area contributed by atoms with Gasteiger partial charge < -0.3 is 10.2 Å². The van der Waals surface area contributed by atoms with Crippen LogP contribution < -0.4 is 10.2 Å². The molecule has 0 spiro atoms. The molecule has 140 valence electrons. The van der Waals surface area contributed by atoms with Crippen LogP contribution in [0.5, 0.6) is 0 Å². The molecule has 0 aliphatic carbocycles. The average molecular weight is 368 g/mol. The number of anilines is 2. The summed E-state index contributed by atoms with van der Waals surface area (Å²) in [4.78, 5) is 14.4. The fourth-order valence-corrected chi connectivity index (χ4v) is 3.25. The van der Waals surface area contributed by atoms with Gasteiger partial charge in [0.15, 0.2) is 11.5 Å². The van der Waals surface area contributed by atoms with Crippen LogP contribution in [0.4, 0.5) is 15.9 Å². The molecule has 4 rings (SSSR count). The lowest BCUT2D eigenvalue weighted by Crippen LogP contribution is -2.30. The van der Waals surface area contributed by atoms with Crippen molar-refractivity contribution in [2.24, 2.45) is 0 Å². The highest BCUT2D eigenvalue weighted by molar-refractivity contribution is 5.90. The highest BCUT2D eigenvalue weighted by atomic mass is 19.1. The second kappa shape index (κ2) is 7.69. The van der Waals surface area contributed by atoms with Crippen LogP contribution in [0.1, 0.15) is 31.5 Å². The van der Waals surface area contributed by atoms with Crippen molar-refractivity contribution in [2.75, 3.05) is 23.3 Å². The number of hydrogen-bond donors (Lipinski definition) is 1. The van der Waals surface area contributed by atoms with Crippen molar-refractivity contribution in [3.63, 3.8) is 0 Å². The third-order valence-corrected chi connectivity index (χ3v) is 4.70. The lowest BCUT2D eigenvalue weighted by Gasteiger charge is -2.27. The highest BCUT2D eigenvalue weighted by Gasteiger charge is 2.15. The maximum absolute atomic E-state index is 12.9. The van der Waals surface area contributed by atoms with Gasteiger partial charge in [0.05, 0.1) is 0 Å². The lowest BCUT2D eigenvalue weighted by atomic mass is 10.1. The predicted molar refractivity (Wildman–Crippen MR) is 100 cm³/mol. The quantitative estimate of drug-likeness (QED) is 0.749. The number of carbonyl (C=O) groups excluding carboxylic acids is 1. The fourth-order valence-electron chi connectivity index (χ4n) is 3.25. The molecule has 0 radical (unpaired) electrons. The van der Waals surface area contributed by atoms with Gasteiger partial charge in [-0.2, -0.15) is 4.52 Å². The normalized spacial score (nSPS) is 14.5. The van der Waals surface area contributed by atoms with E-state index in [1.807, 2.05) is 12.1 Å². The molecule has 1 amide bonds. The first-order valence-corrected chi connectivity index (χ1v) is 9.21. The molecule has 1 aliphatic heterocycles. The molecule has 1 saturated heterocycles. The summed E-state index contributed by atoms with van der Waals surface area (Å²) in [6.45, 7) is 2.02. The summed E-state index contributed by atoms with van der Waals surface area (Å²) in [6, 6.07) is 9.58. The van der Waals surface area contributed by atoms with Crippen LogP contribution in [0.2, 0.25) is 0 Å². The van der Waals surface area contributed by atoms with Crippen LogP contribution in [0, 0.1) is 5.82 Å².